The Hall–Kier alpha value is -2.57. The molecule has 0 unspecified atom stereocenters. The van der Waals surface area contributed by atoms with Crippen molar-refractivity contribution in [3.63, 3.8) is 0 Å². The van der Waals surface area contributed by atoms with Gasteiger partial charge in [-0.05, 0) is 22.6 Å². The number of fused-ring (bicyclic) bond motifs is 1. The third-order valence-corrected chi connectivity index (χ3v) is 4.84. The molecule has 0 spiro atoms. The van der Waals surface area contributed by atoms with Gasteiger partial charge < -0.3 is 20.4 Å². The van der Waals surface area contributed by atoms with Crippen LogP contribution in [0.5, 0.6) is 0 Å². The molecule has 2 heterocycles. The van der Waals surface area contributed by atoms with Gasteiger partial charge in [0.2, 0.25) is 11.8 Å². The number of amides is 4. The van der Waals surface area contributed by atoms with Gasteiger partial charge in [0.15, 0.2) is 0 Å². The summed E-state index contributed by atoms with van der Waals surface area (Å²) in [5.41, 5.74) is 2.75. The second-order valence-corrected chi connectivity index (χ2v) is 8.48. The van der Waals surface area contributed by atoms with Gasteiger partial charge in [-0.1, -0.05) is 32.9 Å². The van der Waals surface area contributed by atoms with Crippen LogP contribution in [0.25, 0.3) is 0 Å². The minimum absolute atomic E-state index is 0.00524. The average molecular weight is 372 g/mol. The monoisotopic (exact) mass is 372 g/mol. The van der Waals surface area contributed by atoms with Crippen molar-refractivity contribution in [2.75, 3.05) is 38.0 Å². The van der Waals surface area contributed by atoms with Crippen molar-refractivity contribution in [1.82, 2.24) is 15.1 Å². The molecule has 7 nitrogen and oxygen atoms in total. The molecule has 2 N–H and O–H groups in total. The molecule has 0 atom stereocenters. The average Bonchev–Trinajstić information content (AvgIpc) is 2.98. The number of nitrogens with one attached hydrogen (secondary N) is 2. The van der Waals surface area contributed by atoms with Crippen LogP contribution in [0.4, 0.5) is 10.5 Å². The van der Waals surface area contributed by atoms with E-state index in [9.17, 15) is 14.4 Å². The van der Waals surface area contributed by atoms with Gasteiger partial charge in [0.25, 0.3) is 0 Å². The fraction of sp³-hybridized carbons (Fsp3) is 0.550. The minimum atomic E-state index is -0.0622. The lowest BCUT2D eigenvalue weighted by Crippen LogP contribution is -2.54. The van der Waals surface area contributed by atoms with E-state index in [-0.39, 0.29) is 23.3 Å². The largest absolute Gasteiger partial charge is 0.339 e. The normalized spacial score (nSPS) is 16.8. The summed E-state index contributed by atoms with van der Waals surface area (Å²) < 4.78 is 0. The molecular weight excluding hydrogens is 344 g/mol. The molecule has 1 aromatic rings. The van der Waals surface area contributed by atoms with E-state index in [0.29, 0.717) is 45.6 Å². The van der Waals surface area contributed by atoms with Gasteiger partial charge in [0, 0.05) is 38.4 Å². The summed E-state index contributed by atoms with van der Waals surface area (Å²) in [6.07, 6.45) is 0.692. The number of carbonyl (C=O) groups is 3. The van der Waals surface area contributed by atoms with E-state index in [4.69, 9.17) is 0 Å². The Morgan fingerprint density at radius 1 is 1.11 bits per heavy atom. The van der Waals surface area contributed by atoms with Crippen LogP contribution in [0, 0.1) is 5.41 Å². The summed E-state index contributed by atoms with van der Waals surface area (Å²) in [5.74, 6) is 0.0521. The van der Waals surface area contributed by atoms with Gasteiger partial charge in [-0.2, -0.15) is 0 Å². The van der Waals surface area contributed by atoms with E-state index in [1.165, 1.54) is 0 Å². The number of rotatable bonds is 3. The molecule has 2 aliphatic rings. The highest BCUT2D eigenvalue weighted by atomic mass is 16.2. The number of benzene rings is 1. The lowest BCUT2D eigenvalue weighted by atomic mass is 9.97. The zero-order valence-corrected chi connectivity index (χ0v) is 16.3. The van der Waals surface area contributed by atoms with E-state index in [2.05, 4.69) is 31.4 Å². The lowest BCUT2D eigenvalue weighted by molar-refractivity contribution is -0.131. The van der Waals surface area contributed by atoms with Gasteiger partial charge in [-0.3, -0.25) is 9.59 Å². The first-order valence-corrected chi connectivity index (χ1v) is 9.43. The fourth-order valence-electron chi connectivity index (χ4n) is 3.29. The maximum atomic E-state index is 12.6. The van der Waals surface area contributed by atoms with E-state index < -0.39 is 0 Å². The molecule has 0 radical (unpaired) electrons. The van der Waals surface area contributed by atoms with E-state index in [1.54, 1.807) is 4.90 Å². The van der Waals surface area contributed by atoms with Crippen LogP contribution < -0.4 is 10.6 Å². The molecule has 2 aliphatic heterocycles. The molecule has 0 bridgehead atoms. The maximum absolute atomic E-state index is 12.6. The van der Waals surface area contributed by atoms with Crippen molar-refractivity contribution in [1.29, 1.82) is 0 Å². The predicted molar refractivity (Wildman–Crippen MR) is 103 cm³/mol. The number of anilines is 1. The molecule has 146 valence electrons. The SMILES string of the molecule is CC(C)(C)CNC(=O)N1CCN(C(=O)Cc2ccc3c(c2)CC(=O)N3)CC1. The van der Waals surface area contributed by atoms with Gasteiger partial charge in [0.1, 0.15) is 0 Å². The lowest BCUT2D eigenvalue weighted by Gasteiger charge is -2.35. The molecule has 0 saturated carbocycles. The highest BCUT2D eigenvalue weighted by molar-refractivity contribution is 5.99. The summed E-state index contributed by atoms with van der Waals surface area (Å²) in [4.78, 5) is 39.8. The van der Waals surface area contributed by atoms with Crippen molar-refractivity contribution in [2.45, 2.75) is 33.6 Å². The minimum Gasteiger partial charge on any atom is -0.339 e. The summed E-state index contributed by atoms with van der Waals surface area (Å²) in [7, 11) is 0. The quantitative estimate of drug-likeness (QED) is 0.846. The van der Waals surface area contributed by atoms with Crippen LogP contribution in [0.2, 0.25) is 0 Å². The van der Waals surface area contributed by atoms with E-state index in [0.717, 1.165) is 16.8 Å². The van der Waals surface area contributed by atoms with E-state index >= 15 is 0 Å². The van der Waals surface area contributed by atoms with Crippen LogP contribution in [0.3, 0.4) is 0 Å². The first kappa shape index (κ1) is 19.2. The van der Waals surface area contributed by atoms with Gasteiger partial charge >= 0.3 is 6.03 Å². The molecule has 1 aromatic carbocycles. The Balaban J connectivity index is 1.48. The number of piperazine rings is 1. The first-order valence-electron chi connectivity index (χ1n) is 9.43. The van der Waals surface area contributed by atoms with Gasteiger partial charge in [-0.25, -0.2) is 4.79 Å². The summed E-state index contributed by atoms with van der Waals surface area (Å²) in [6.45, 7) is 9.05. The zero-order valence-electron chi connectivity index (χ0n) is 16.3. The number of nitrogens with zero attached hydrogens (tertiary/aromatic N) is 2. The third-order valence-electron chi connectivity index (χ3n) is 4.84. The maximum Gasteiger partial charge on any atom is 0.317 e. The topological polar surface area (TPSA) is 81.8 Å². The zero-order chi connectivity index (χ0) is 19.6. The molecule has 0 aliphatic carbocycles. The summed E-state index contributed by atoms with van der Waals surface area (Å²) in [6, 6.07) is 5.62. The van der Waals surface area contributed by atoms with Crippen molar-refractivity contribution >= 4 is 23.5 Å². The van der Waals surface area contributed by atoms with Crippen molar-refractivity contribution in [3.05, 3.63) is 29.3 Å². The number of carbonyl (C=O) groups excluding carboxylic acids is 3. The molecular formula is C20H28N4O3. The van der Waals surface area contributed by atoms with E-state index in [1.807, 2.05) is 23.1 Å². The summed E-state index contributed by atoms with van der Waals surface area (Å²) >= 11 is 0. The highest BCUT2D eigenvalue weighted by Gasteiger charge is 2.25. The summed E-state index contributed by atoms with van der Waals surface area (Å²) in [5, 5.41) is 5.75. The molecule has 7 heteroatoms. The Morgan fingerprint density at radius 3 is 2.44 bits per heavy atom. The van der Waals surface area contributed by atoms with Crippen molar-refractivity contribution in [3.8, 4) is 0 Å². The van der Waals surface area contributed by atoms with Crippen LogP contribution in [-0.4, -0.2) is 60.4 Å². The second-order valence-electron chi connectivity index (χ2n) is 8.48. The van der Waals surface area contributed by atoms with Crippen LogP contribution in [0.1, 0.15) is 31.9 Å². The van der Waals surface area contributed by atoms with Crippen molar-refractivity contribution < 1.29 is 14.4 Å². The molecule has 3 rings (SSSR count). The second kappa shape index (κ2) is 7.58. The van der Waals surface area contributed by atoms with Crippen LogP contribution >= 0.6 is 0 Å². The molecule has 1 fully saturated rings. The number of urea groups is 1. The number of hydrogen-bond acceptors (Lipinski definition) is 3. The van der Waals surface area contributed by atoms with Gasteiger partial charge in [0.05, 0.1) is 12.8 Å². The van der Waals surface area contributed by atoms with Crippen LogP contribution in [0.15, 0.2) is 18.2 Å². The fourth-order valence-corrected chi connectivity index (χ4v) is 3.29. The Kier molecular flexibility index (Phi) is 5.39. The Bertz CT molecular complexity index is 746. The Morgan fingerprint density at radius 2 is 1.78 bits per heavy atom. The standard InChI is InChI=1S/C20H28N4O3/c1-20(2,3)13-21-19(27)24-8-6-23(7-9-24)18(26)11-14-4-5-16-15(10-14)12-17(25)22-16/h4-5,10H,6-9,11-13H2,1-3H3,(H,21,27)(H,22,25). The Labute approximate surface area is 160 Å². The first-order chi connectivity index (χ1) is 12.7. The smallest absolute Gasteiger partial charge is 0.317 e. The molecule has 4 amide bonds. The molecule has 0 aromatic heterocycles. The third kappa shape index (κ3) is 4.99. The van der Waals surface area contributed by atoms with Crippen molar-refractivity contribution in [2.24, 2.45) is 5.41 Å². The number of hydrogen-bond donors (Lipinski definition) is 2. The van der Waals surface area contributed by atoms with Crippen LogP contribution in [-0.2, 0) is 22.4 Å². The molecule has 27 heavy (non-hydrogen) atoms. The highest BCUT2D eigenvalue weighted by Crippen LogP contribution is 2.24. The predicted octanol–water partition coefficient (Wildman–Crippen LogP) is 1.62. The molecule has 1 saturated heterocycles. The van der Waals surface area contributed by atoms with Gasteiger partial charge in [-0.15, -0.1) is 0 Å².